The maximum atomic E-state index is 11.8. The molecule has 0 aliphatic carbocycles. The molecule has 1 saturated heterocycles. The first-order chi connectivity index (χ1) is 8.95. The average molecular weight is 255 g/mol. The summed E-state index contributed by atoms with van der Waals surface area (Å²) in [5.41, 5.74) is 4.31. The molecule has 1 aromatic rings. The largest absolute Gasteiger partial charge is 0.324 e. The number of hydrogen-bond donors (Lipinski definition) is 2. The lowest BCUT2D eigenvalue weighted by atomic mass is 9.93. The monoisotopic (exact) mass is 255 g/mol. The first kappa shape index (κ1) is 13.2. The van der Waals surface area contributed by atoms with Gasteiger partial charge in [0, 0.05) is 0 Å². The Morgan fingerprint density at radius 2 is 1.95 bits per heavy atom. The zero-order valence-electron chi connectivity index (χ0n) is 11.4. The molecule has 1 aliphatic heterocycles. The Morgan fingerprint density at radius 3 is 2.47 bits per heavy atom. The van der Waals surface area contributed by atoms with Gasteiger partial charge < -0.3 is 0 Å². The number of nitrogens with zero attached hydrogens (tertiary/aromatic N) is 1. The fourth-order valence-electron chi connectivity index (χ4n) is 2.71. The number of carbonyl (C=O) groups excluding carboxylic acids is 1. The van der Waals surface area contributed by atoms with Crippen LogP contribution in [0.1, 0.15) is 28.3 Å². The maximum Gasteiger partial charge on any atom is 0.324 e. The van der Waals surface area contributed by atoms with E-state index in [0.717, 1.165) is 16.7 Å². The van der Waals surface area contributed by atoms with Gasteiger partial charge in [-0.05, 0) is 37.5 Å². The summed E-state index contributed by atoms with van der Waals surface area (Å²) in [6, 6.07) is 3.43. The number of amides is 2. The van der Waals surface area contributed by atoms with Crippen molar-refractivity contribution in [2.45, 2.75) is 26.8 Å². The Bertz CT molecular complexity index is 575. The van der Waals surface area contributed by atoms with Gasteiger partial charge in [0.1, 0.15) is 11.9 Å². The first-order valence-corrected chi connectivity index (χ1v) is 6.13. The minimum absolute atomic E-state index is 0.190. The Kier molecular flexibility index (Phi) is 3.30. The fraction of sp³-hybridized carbons (Fsp3) is 0.333. The number of aryl methyl sites for hydroxylation is 3. The van der Waals surface area contributed by atoms with E-state index in [4.69, 9.17) is 11.8 Å². The smallest absolute Gasteiger partial charge is 0.299 e. The number of terminal acetylenes is 1. The molecule has 1 aliphatic rings. The molecule has 0 spiro atoms. The van der Waals surface area contributed by atoms with E-state index in [2.05, 4.69) is 23.4 Å². The number of carbonyl (C=O) groups is 1. The summed E-state index contributed by atoms with van der Waals surface area (Å²) >= 11 is 0. The molecule has 1 heterocycles. The Hall–Kier alpha value is -2.28. The number of benzene rings is 1. The fourth-order valence-corrected chi connectivity index (χ4v) is 2.71. The van der Waals surface area contributed by atoms with E-state index in [-0.39, 0.29) is 18.4 Å². The lowest BCUT2D eigenvalue weighted by Gasteiger charge is -2.24. The van der Waals surface area contributed by atoms with Crippen molar-refractivity contribution in [2.75, 3.05) is 6.54 Å². The first-order valence-electron chi connectivity index (χ1n) is 6.13. The second-order valence-electron chi connectivity index (χ2n) is 4.89. The molecule has 4 nitrogen and oxygen atoms in total. The minimum atomic E-state index is -0.399. The standard InChI is InChI=1S/C15H17N3O/c1-5-6-18-13(14(16)17-15(18)19)12-10(3)7-9(2)8-11(12)4/h1,7-8,13H,6H2,2-4H3,(H2,16,17,19). The van der Waals surface area contributed by atoms with Crippen molar-refractivity contribution in [3.63, 3.8) is 0 Å². The average Bonchev–Trinajstić information content (AvgIpc) is 2.55. The van der Waals surface area contributed by atoms with Crippen LogP contribution in [0.5, 0.6) is 0 Å². The molecule has 0 aromatic heterocycles. The van der Waals surface area contributed by atoms with Crippen molar-refractivity contribution < 1.29 is 4.79 Å². The SMILES string of the molecule is C#CCN1C(=O)NC(=N)C1c1c(C)cc(C)cc1C. The van der Waals surface area contributed by atoms with Crippen LogP contribution in [0.25, 0.3) is 0 Å². The van der Waals surface area contributed by atoms with Crippen LogP contribution >= 0.6 is 0 Å². The zero-order valence-corrected chi connectivity index (χ0v) is 11.4. The molecular formula is C15H17N3O. The van der Waals surface area contributed by atoms with Crippen molar-refractivity contribution >= 4 is 11.9 Å². The van der Waals surface area contributed by atoms with E-state index in [9.17, 15) is 4.79 Å². The van der Waals surface area contributed by atoms with E-state index in [1.807, 2.05) is 20.8 Å². The van der Waals surface area contributed by atoms with Crippen LogP contribution in [0, 0.1) is 38.5 Å². The molecule has 2 N–H and O–H groups in total. The van der Waals surface area contributed by atoms with Crippen LogP contribution in [0.2, 0.25) is 0 Å². The second-order valence-corrected chi connectivity index (χ2v) is 4.89. The number of nitrogens with one attached hydrogen (secondary N) is 2. The van der Waals surface area contributed by atoms with Gasteiger partial charge in [-0.15, -0.1) is 6.42 Å². The van der Waals surface area contributed by atoms with Crippen LogP contribution in [0.4, 0.5) is 4.79 Å². The number of amidine groups is 1. The van der Waals surface area contributed by atoms with Crippen molar-refractivity contribution in [1.82, 2.24) is 10.2 Å². The summed E-state index contributed by atoms with van der Waals surface area (Å²) < 4.78 is 0. The van der Waals surface area contributed by atoms with Gasteiger partial charge >= 0.3 is 6.03 Å². The molecule has 2 rings (SSSR count). The summed E-state index contributed by atoms with van der Waals surface area (Å²) in [5.74, 6) is 2.67. The van der Waals surface area contributed by atoms with Crippen LogP contribution in [-0.4, -0.2) is 23.3 Å². The molecule has 0 saturated carbocycles. The van der Waals surface area contributed by atoms with Gasteiger partial charge in [-0.2, -0.15) is 0 Å². The topological polar surface area (TPSA) is 56.2 Å². The third kappa shape index (κ3) is 2.19. The van der Waals surface area contributed by atoms with Crippen molar-refractivity contribution in [3.05, 3.63) is 34.4 Å². The Labute approximate surface area is 113 Å². The molecule has 4 heteroatoms. The molecular weight excluding hydrogens is 238 g/mol. The lowest BCUT2D eigenvalue weighted by Crippen LogP contribution is -2.30. The van der Waals surface area contributed by atoms with Crippen LogP contribution in [0.15, 0.2) is 12.1 Å². The molecule has 1 fully saturated rings. The number of hydrogen-bond acceptors (Lipinski definition) is 2. The summed E-state index contributed by atoms with van der Waals surface area (Å²) in [6.07, 6.45) is 5.31. The predicted octanol–water partition coefficient (Wildman–Crippen LogP) is 2.29. The molecule has 19 heavy (non-hydrogen) atoms. The third-order valence-corrected chi connectivity index (χ3v) is 3.36. The van der Waals surface area contributed by atoms with Gasteiger partial charge in [0.15, 0.2) is 0 Å². The third-order valence-electron chi connectivity index (χ3n) is 3.36. The maximum absolute atomic E-state index is 11.8. The highest BCUT2D eigenvalue weighted by atomic mass is 16.2. The Morgan fingerprint density at radius 1 is 1.37 bits per heavy atom. The van der Waals surface area contributed by atoms with E-state index < -0.39 is 6.04 Å². The summed E-state index contributed by atoms with van der Waals surface area (Å²) in [6.45, 7) is 6.23. The quantitative estimate of drug-likeness (QED) is 0.783. The summed E-state index contributed by atoms with van der Waals surface area (Å²) in [4.78, 5) is 13.3. The van der Waals surface area contributed by atoms with E-state index in [1.54, 1.807) is 0 Å². The van der Waals surface area contributed by atoms with E-state index in [0.29, 0.717) is 0 Å². The minimum Gasteiger partial charge on any atom is -0.299 e. The summed E-state index contributed by atoms with van der Waals surface area (Å²) in [5, 5.41) is 10.5. The molecule has 0 bridgehead atoms. The summed E-state index contributed by atoms with van der Waals surface area (Å²) in [7, 11) is 0. The molecule has 1 unspecified atom stereocenters. The van der Waals surface area contributed by atoms with Crippen molar-refractivity contribution in [2.24, 2.45) is 0 Å². The van der Waals surface area contributed by atoms with Crippen LogP contribution < -0.4 is 5.32 Å². The van der Waals surface area contributed by atoms with E-state index >= 15 is 0 Å². The van der Waals surface area contributed by atoms with Crippen LogP contribution in [0.3, 0.4) is 0 Å². The van der Waals surface area contributed by atoms with E-state index in [1.165, 1.54) is 10.5 Å². The molecule has 1 aromatic carbocycles. The van der Waals surface area contributed by atoms with Crippen molar-refractivity contribution in [3.8, 4) is 12.3 Å². The van der Waals surface area contributed by atoms with Gasteiger partial charge in [0.2, 0.25) is 0 Å². The normalized spacial score (nSPS) is 18.4. The predicted molar refractivity (Wildman–Crippen MR) is 75.2 cm³/mol. The highest BCUT2D eigenvalue weighted by Gasteiger charge is 2.37. The molecule has 0 radical (unpaired) electrons. The lowest BCUT2D eigenvalue weighted by molar-refractivity contribution is 0.212. The van der Waals surface area contributed by atoms with Gasteiger partial charge in [-0.3, -0.25) is 15.6 Å². The molecule has 98 valence electrons. The Balaban J connectivity index is 2.54. The zero-order chi connectivity index (χ0) is 14.2. The van der Waals surface area contributed by atoms with Crippen LogP contribution in [-0.2, 0) is 0 Å². The number of urea groups is 1. The second kappa shape index (κ2) is 4.77. The van der Waals surface area contributed by atoms with Gasteiger partial charge in [-0.25, -0.2) is 4.79 Å². The highest BCUT2D eigenvalue weighted by Crippen LogP contribution is 2.31. The van der Waals surface area contributed by atoms with Gasteiger partial charge in [0.05, 0.1) is 6.54 Å². The molecule has 1 atom stereocenters. The highest BCUT2D eigenvalue weighted by molar-refractivity contribution is 6.06. The molecule has 2 amide bonds. The van der Waals surface area contributed by atoms with Gasteiger partial charge in [-0.1, -0.05) is 23.6 Å². The van der Waals surface area contributed by atoms with Gasteiger partial charge in [0.25, 0.3) is 0 Å². The van der Waals surface area contributed by atoms with Crippen molar-refractivity contribution in [1.29, 1.82) is 5.41 Å². The number of rotatable bonds is 2.